The molecule has 6 heteroatoms. The SMILES string of the molecule is CCC(=O)/C(C)=N/OS(=O)(=O)c1ccccc1. The molecule has 0 saturated heterocycles. The number of ketones is 1. The summed E-state index contributed by atoms with van der Waals surface area (Å²) in [6.07, 6.45) is 0.254. The molecular formula is C11H13NO4S. The van der Waals surface area contributed by atoms with Crippen molar-refractivity contribution in [1.82, 2.24) is 0 Å². The van der Waals surface area contributed by atoms with Crippen molar-refractivity contribution >= 4 is 21.6 Å². The second-order valence-corrected chi connectivity index (χ2v) is 4.82. The van der Waals surface area contributed by atoms with Gasteiger partial charge in [0.05, 0.1) is 0 Å². The van der Waals surface area contributed by atoms with Crippen LogP contribution >= 0.6 is 0 Å². The predicted octanol–water partition coefficient (Wildman–Crippen LogP) is 1.75. The summed E-state index contributed by atoms with van der Waals surface area (Å²) in [5, 5.41) is 3.32. The first kappa shape index (κ1) is 13.4. The topological polar surface area (TPSA) is 72.8 Å². The van der Waals surface area contributed by atoms with Crippen LogP contribution in [0.25, 0.3) is 0 Å². The van der Waals surface area contributed by atoms with Gasteiger partial charge in [-0.1, -0.05) is 30.3 Å². The Hall–Kier alpha value is -1.69. The molecule has 0 heterocycles. The number of rotatable bonds is 5. The van der Waals surface area contributed by atoms with Gasteiger partial charge in [-0.15, -0.1) is 0 Å². The maximum absolute atomic E-state index is 11.6. The summed E-state index contributed by atoms with van der Waals surface area (Å²) in [5.41, 5.74) is 0.0343. The van der Waals surface area contributed by atoms with Crippen LogP contribution in [0.1, 0.15) is 20.3 Å². The van der Waals surface area contributed by atoms with E-state index in [-0.39, 0.29) is 22.8 Å². The van der Waals surface area contributed by atoms with Gasteiger partial charge in [0.25, 0.3) is 0 Å². The fourth-order valence-electron chi connectivity index (χ4n) is 1.04. The maximum atomic E-state index is 11.6. The Kier molecular flexibility index (Phi) is 4.39. The van der Waals surface area contributed by atoms with Crippen molar-refractivity contribution in [2.75, 3.05) is 0 Å². The van der Waals surface area contributed by atoms with Crippen molar-refractivity contribution in [3.8, 4) is 0 Å². The average Bonchev–Trinajstić information content (AvgIpc) is 2.36. The van der Waals surface area contributed by atoms with Gasteiger partial charge in [-0.2, -0.15) is 8.42 Å². The predicted molar refractivity (Wildman–Crippen MR) is 63.1 cm³/mol. The van der Waals surface area contributed by atoms with Crippen molar-refractivity contribution in [2.24, 2.45) is 5.16 Å². The monoisotopic (exact) mass is 255 g/mol. The molecule has 92 valence electrons. The van der Waals surface area contributed by atoms with E-state index in [4.69, 9.17) is 0 Å². The van der Waals surface area contributed by atoms with Gasteiger partial charge in [0.1, 0.15) is 10.6 Å². The number of carbonyl (C=O) groups excluding carboxylic acids is 1. The second-order valence-electron chi connectivity index (χ2n) is 3.30. The minimum Gasteiger partial charge on any atom is -0.293 e. The molecule has 0 aromatic heterocycles. The van der Waals surface area contributed by atoms with Crippen molar-refractivity contribution < 1.29 is 17.5 Å². The van der Waals surface area contributed by atoms with Crippen molar-refractivity contribution in [3.63, 3.8) is 0 Å². The minimum absolute atomic E-state index is 0.000461. The quantitative estimate of drug-likeness (QED) is 0.593. The highest BCUT2D eigenvalue weighted by Gasteiger charge is 2.15. The fourth-order valence-corrected chi connectivity index (χ4v) is 1.83. The molecule has 0 atom stereocenters. The Bertz CT molecular complexity index is 520. The Morgan fingerprint density at radius 1 is 1.29 bits per heavy atom. The molecule has 0 aliphatic rings. The van der Waals surface area contributed by atoms with E-state index in [0.29, 0.717) is 0 Å². The molecule has 0 aliphatic carbocycles. The molecule has 1 rings (SSSR count). The second kappa shape index (κ2) is 5.58. The third-order valence-corrected chi connectivity index (χ3v) is 3.15. The molecule has 0 saturated carbocycles. The number of Topliss-reactive ketones (excluding diaryl/α,β-unsaturated/α-hetero) is 1. The number of benzene rings is 1. The van der Waals surface area contributed by atoms with Crippen molar-refractivity contribution in [1.29, 1.82) is 0 Å². The molecule has 0 unspecified atom stereocenters. The van der Waals surface area contributed by atoms with E-state index in [1.165, 1.54) is 19.1 Å². The summed E-state index contributed by atoms with van der Waals surface area (Å²) >= 11 is 0. The summed E-state index contributed by atoms with van der Waals surface area (Å²) in [7, 11) is -3.94. The molecular weight excluding hydrogens is 242 g/mol. The molecule has 0 spiro atoms. The normalized spacial score (nSPS) is 12.2. The highest BCUT2D eigenvalue weighted by Crippen LogP contribution is 2.11. The van der Waals surface area contributed by atoms with Gasteiger partial charge in [0.2, 0.25) is 0 Å². The van der Waals surface area contributed by atoms with Crippen molar-refractivity contribution in [2.45, 2.75) is 25.2 Å². The summed E-state index contributed by atoms with van der Waals surface area (Å²) in [5.74, 6) is -0.256. The smallest absolute Gasteiger partial charge is 0.293 e. The fraction of sp³-hybridized carbons (Fsp3) is 0.273. The molecule has 5 nitrogen and oxygen atoms in total. The molecule has 1 aromatic carbocycles. The molecule has 0 radical (unpaired) electrons. The Morgan fingerprint density at radius 2 is 1.88 bits per heavy atom. The third kappa shape index (κ3) is 3.67. The first-order valence-electron chi connectivity index (χ1n) is 5.04. The van der Waals surface area contributed by atoms with Crippen LogP contribution < -0.4 is 0 Å². The summed E-state index contributed by atoms with van der Waals surface area (Å²) in [4.78, 5) is 11.2. The van der Waals surface area contributed by atoms with Gasteiger partial charge in [-0.25, -0.2) is 0 Å². The minimum atomic E-state index is -3.94. The molecule has 17 heavy (non-hydrogen) atoms. The van der Waals surface area contributed by atoms with Crippen LogP contribution in [0.2, 0.25) is 0 Å². The number of nitrogens with zero attached hydrogens (tertiary/aromatic N) is 1. The summed E-state index contributed by atoms with van der Waals surface area (Å²) in [6.45, 7) is 3.07. The van der Waals surface area contributed by atoms with Crippen LogP contribution in [0.4, 0.5) is 0 Å². The van der Waals surface area contributed by atoms with E-state index in [9.17, 15) is 13.2 Å². The number of hydrogen-bond acceptors (Lipinski definition) is 5. The van der Waals surface area contributed by atoms with Crippen molar-refractivity contribution in [3.05, 3.63) is 30.3 Å². The van der Waals surface area contributed by atoms with Crippen LogP contribution in [0.5, 0.6) is 0 Å². The van der Waals surface area contributed by atoms with Gasteiger partial charge >= 0.3 is 10.1 Å². The summed E-state index contributed by atoms with van der Waals surface area (Å²) in [6, 6.07) is 7.62. The molecule has 0 aliphatic heterocycles. The lowest BCUT2D eigenvalue weighted by Crippen LogP contribution is -2.11. The van der Waals surface area contributed by atoms with E-state index in [1.807, 2.05) is 0 Å². The van der Waals surface area contributed by atoms with Crippen LogP contribution in [0, 0.1) is 0 Å². The first-order valence-corrected chi connectivity index (χ1v) is 6.44. The average molecular weight is 255 g/mol. The highest BCUT2D eigenvalue weighted by molar-refractivity contribution is 7.86. The molecule has 0 amide bonds. The van der Waals surface area contributed by atoms with Gasteiger partial charge in [0, 0.05) is 6.42 Å². The van der Waals surface area contributed by atoms with Crippen LogP contribution in [0.3, 0.4) is 0 Å². The van der Waals surface area contributed by atoms with Gasteiger partial charge in [0.15, 0.2) is 5.78 Å². The maximum Gasteiger partial charge on any atom is 0.358 e. The molecule has 0 fully saturated rings. The molecule has 0 bridgehead atoms. The lowest BCUT2D eigenvalue weighted by atomic mass is 10.2. The van der Waals surface area contributed by atoms with E-state index in [2.05, 4.69) is 9.44 Å². The lowest BCUT2D eigenvalue weighted by molar-refractivity contribution is -0.112. The zero-order chi connectivity index (χ0) is 12.9. The number of carbonyl (C=O) groups is 1. The Morgan fingerprint density at radius 3 is 2.41 bits per heavy atom. The van der Waals surface area contributed by atoms with E-state index < -0.39 is 10.1 Å². The van der Waals surface area contributed by atoms with Crippen LogP contribution in [-0.4, -0.2) is 19.9 Å². The Balaban J connectivity index is 2.86. The highest BCUT2D eigenvalue weighted by atomic mass is 32.2. The van der Waals surface area contributed by atoms with E-state index >= 15 is 0 Å². The van der Waals surface area contributed by atoms with Crippen LogP contribution in [-0.2, 0) is 19.2 Å². The zero-order valence-corrected chi connectivity index (χ0v) is 10.4. The molecule has 1 aromatic rings. The zero-order valence-electron chi connectivity index (χ0n) is 9.58. The largest absolute Gasteiger partial charge is 0.358 e. The Labute approximate surface area is 100 Å². The van der Waals surface area contributed by atoms with E-state index in [1.54, 1.807) is 25.1 Å². The number of hydrogen-bond donors (Lipinski definition) is 0. The number of oxime groups is 1. The van der Waals surface area contributed by atoms with Gasteiger partial charge in [-0.05, 0) is 19.1 Å². The van der Waals surface area contributed by atoms with E-state index in [0.717, 1.165) is 0 Å². The van der Waals surface area contributed by atoms with Gasteiger partial charge in [-0.3, -0.25) is 9.08 Å². The molecule has 0 N–H and O–H groups in total. The standard InChI is InChI=1S/C11H13NO4S/c1-3-11(13)9(2)12-16-17(14,15)10-7-5-4-6-8-10/h4-8H,3H2,1-2H3/b12-9+. The lowest BCUT2D eigenvalue weighted by Gasteiger charge is -2.01. The summed E-state index contributed by atoms with van der Waals surface area (Å²) < 4.78 is 27.7. The first-order chi connectivity index (χ1) is 7.97. The third-order valence-electron chi connectivity index (χ3n) is 2.03. The van der Waals surface area contributed by atoms with Gasteiger partial charge < -0.3 is 0 Å². The van der Waals surface area contributed by atoms with Crippen LogP contribution in [0.15, 0.2) is 40.4 Å².